The van der Waals surface area contributed by atoms with E-state index in [2.05, 4.69) is 35.6 Å². The van der Waals surface area contributed by atoms with Crippen molar-refractivity contribution in [1.82, 2.24) is 38.5 Å². The van der Waals surface area contributed by atoms with E-state index in [1.807, 2.05) is 30.3 Å². The predicted molar refractivity (Wildman–Crippen MR) is 156 cm³/mol. The van der Waals surface area contributed by atoms with Gasteiger partial charge < -0.3 is 10.6 Å². The molecule has 41 heavy (non-hydrogen) atoms. The van der Waals surface area contributed by atoms with Gasteiger partial charge in [0.1, 0.15) is 28.3 Å². The molecule has 14 heteroatoms. The molecule has 0 fully saturated rings. The Hall–Kier alpha value is -3.85. The van der Waals surface area contributed by atoms with Crippen LogP contribution in [0.4, 0.5) is 10.2 Å². The molecule has 1 aromatic carbocycles. The van der Waals surface area contributed by atoms with Crippen LogP contribution >= 0.6 is 11.3 Å². The van der Waals surface area contributed by atoms with Crippen molar-refractivity contribution in [2.24, 2.45) is 0 Å². The standard InChI is InChI=1S/C27H30FN9O2S2/c1-36(2)41(38,39)37-20(15-19-7-4-3-5-8-19)16-31-23(37)10-13-29-14-11-24-35-25-26(33-18-34-27(25)40-24)32-17-22-21(28)9-6-12-30-22/h3-9,12,16,18,29H,10-11,13-15,17H2,1-2H3,(H,32,33,34). The van der Waals surface area contributed by atoms with Crippen LogP contribution in [0.3, 0.4) is 0 Å². The quantitative estimate of drug-likeness (QED) is 0.197. The molecule has 0 spiro atoms. The number of anilines is 1. The first-order valence-electron chi connectivity index (χ1n) is 13.0. The monoisotopic (exact) mass is 595 g/mol. The summed E-state index contributed by atoms with van der Waals surface area (Å²) in [6.07, 6.45) is 6.18. The van der Waals surface area contributed by atoms with E-state index in [-0.39, 0.29) is 12.4 Å². The van der Waals surface area contributed by atoms with Crippen molar-refractivity contribution < 1.29 is 12.8 Å². The third-order valence-electron chi connectivity index (χ3n) is 6.32. The molecule has 4 heterocycles. The summed E-state index contributed by atoms with van der Waals surface area (Å²) in [6, 6.07) is 12.6. The van der Waals surface area contributed by atoms with Crippen LogP contribution in [0.15, 0.2) is 61.2 Å². The second-order valence-corrected chi connectivity index (χ2v) is 12.5. The van der Waals surface area contributed by atoms with E-state index in [4.69, 9.17) is 0 Å². The maximum absolute atomic E-state index is 13.9. The highest BCUT2D eigenvalue weighted by Gasteiger charge is 2.24. The number of nitrogens with zero attached hydrogens (tertiary/aromatic N) is 7. The number of pyridine rings is 1. The molecule has 0 saturated carbocycles. The number of imidazole rings is 1. The van der Waals surface area contributed by atoms with E-state index >= 15 is 0 Å². The van der Waals surface area contributed by atoms with Crippen molar-refractivity contribution >= 4 is 37.7 Å². The fourth-order valence-corrected chi connectivity index (χ4v) is 6.27. The van der Waals surface area contributed by atoms with Gasteiger partial charge in [-0.05, 0) is 17.7 Å². The minimum atomic E-state index is -3.74. The van der Waals surface area contributed by atoms with Gasteiger partial charge in [0.15, 0.2) is 5.82 Å². The number of fused-ring (bicyclic) bond motifs is 1. The van der Waals surface area contributed by atoms with Crippen LogP contribution in [0.5, 0.6) is 0 Å². The van der Waals surface area contributed by atoms with Crippen LogP contribution in [-0.2, 0) is 36.0 Å². The van der Waals surface area contributed by atoms with Crippen molar-refractivity contribution in [2.45, 2.75) is 25.8 Å². The van der Waals surface area contributed by atoms with Crippen molar-refractivity contribution in [2.75, 3.05) is 32.5 Å². The molecule has 4 aromatic heterocycles. The first kappa shape index (κ1) is 28.7. The topological polar surface area (TPSA) is 131 Å². The maximum atomic E-state index is 13.9. The Bertz CT molecular complexity index is 1720. The molecule has 0 aliphatic rings. The molecule has 0 bridgehead atoms. The van der Waals surface area contributed by atoms with Gasteiger partial charge in [0, 0.05) is 52.6 Å². The number of hydrogen-bond acceptors (Lipinski definition) is 10. The van der Waals surface area contributed by atoms with Crippen LogP contribution in [-0.4, -0.2) is 68.8 Å². The molecule has 0 saturated heterocycles. The van der Waals surface area contributed by atoms with Gasteiger partial charge in [-0.15, -0.1) is 0 Å². The van der Waals surface area contributed by atoms with Gasteiger partial charge in [-0.3, -0.25) is 4.98 Å². The number of halogens is 1. The van der Waals surface area contributed by atoms with E-state index in [0.717, 1.165) is 15.4 Å². The van der Waals surface area contributed by atoms with Gasteiger partial charge >= 0.3 is 10.2 Å². The predicted octanol–water partition coefficient (Wildman–Crippen LogP) is 3.05. The van der Waals surface area contributed by atoms with E-state index in [1.54, 1.807) is 18.5 Å². The molecule has 0 radical (unpaired) electrons. The van der Waals surface area contributed by atoms with Crippen LogP contribution in [0.25, 0.3) is 10.3 Å². The summed E-state index contributed by atoms with van der Waals surface area (Å²) in [6.45, 7) is 1.35. The first-order chi connectivity index (χ1) is 19.8. The Kier molecular flexibility index (Phi) is 8.93. The number of thiazole rings is 1. The van der Waals surface area contributed by atoms with Gasteiger partial charge in [-0.25, -0.2) is 28.3 Å². The SMILES string of the molecule is CN(C)S(=O)(=O)n1c(Cc2ccccc2)cnc1CCNCCc1nc2c(NCc3ncccc3F)ncnc2s1. The van der Waals surface area contributed by atoms with Gasteiger partial charge in [0.25, 0.3) is 0 Å². The molecule has 0 amide bonds. The fourth-order valence-electron chi connectivity index (χ4n) is 4.22. The third-order valence-corrected chi connectivity index (χ3v) is 9.17. The Morgan fingerprint density at radius 1 is 1.00 bits per heavy atom. The molecular formula is C27H30FN9O2S2. The average molecular weight is 596 g/mol. The molecule has 0 aliphatic heterocycles. The highest BCUT2D eigenvalue weighted by molar-refractivity contribution is 7.87. The molecule has 0 aliphatic carbocycles. The smallest absolute Gasteiger partial charge is 0.308 e. The van der Waals surface area contributed by atoms with E-state index < -0.39 is 10.2 Å². The zero-order chi connectivity index (χ0) is 28.8. The van der Waals surface area contributed by atoms with Gasteiger partial charge in [0.2, 0.25) is 0 Å². The summed E-state index contributed by atoms with van der Waals surface area (Å²) in [5, 5.41) is 7.35. The van der Waals surface area contributed by atoms with Gasteiger partial charge in [-0.2, -0.15) is 12.7 Å². The van der Waals surface area contributed by atoms with Crippen LogP contribution in [0, 0.1) is 5.82 Å². The summed E-state index contributed by atoms with van der Waals surface area (Å²) < 4.78 is 42.8. The van der Waals surface area contributed by atoms with Crippen LogP contribution in [0.2, 0.25) is 0 Å². The molecular weight excluding hydrogens is 565 g/mol. The van der Waals surface area contributed by atoms with Crippen LogP contribution in [0.1, 0.15) is 27.8 Å². The number of nitrogens with one attached hydrogen (secondary N) is 2. The number of benzene rings is 1. The molecule has 0 atom stereocenters. The zero-order valence-corrected chi connectivity index (χ0v) is 24.3. The molecule has 5 rings (SSSR count). The number of hydrogen-bond donors (Lipinski definition) is 2. The number of aromatic nitrogens is 6. The Morgan fingerprint density at radius 2 is 1.80 bits per heavy atom. The minimum Gasteiger partial charge on any atom is -0.362 e. The van der Waals surface area contributed by atoms with E-state index in [9.17, 15) is 12.8 Å². The fraction of sp³-hybridized carbons (Fsp3) is 0.296. The molecule has 0 unspecified atom stereocenters. The van der Waals surface area contributed by atoms with Crippen molar-refractivity contribution in [3.05, 3.63) is 94.8 Å². The molecule has 2 N–H and O–H groups in total. The zero-order valence-electron chi connectivity index (χ0n) is 22.7. The second kappa shape index (κ2) is 12.8. The summed E-state index contributed by atoms with van der Waals surface area (Å²) in [4.78, 5) is 22.5. The maximum Gasteiger partial charge on any atom is 0.308 e. The molecule has 214 valence electrons. The average Bonchev–Trinajstić information content (AvgIpc) is 3.57. The minimum absolute atomic E-state index is 0.180. The highest BCUT2D eigenvalue weighted by atomic mass is 32.2. The summed E-state index contributed by atoms with van der Waals surface area (Å²) >= 11 is 1.47. The molecule has 5 aromatic rings. The van der Waals surface area contributed by atoms with Crippen molar-refractivity contribution in [1.29, 1.82) is 0 Å². The lowest BCUT2D eigenvalue weighted by Gasteiger charge is -2.17. The van der Waals surface area contributed by atoms with Gasteiger partial charge in [0.05, 0.1) is 29.1 Å². The second-order valence-electron chi connectivity index (χ2n) is 9.40. The van der Waals surface area contributed by atoms with Gasteiger partial charge in [-0.1, -0.05) is 41.7 Å². The highest BCUT2D eigenvalue weighted by Crippen LogP contribution is 2.25. The van der Waals surface area contributed by atoms with E-state index in [1.165, 1.54) is 46.1 Å². The Morgan fingerprint density at radius 3 is 2.59 bits per heavy atom. The summed E-state index contributed by atoms with van der Waals surface area (Å²) in [7, 11) is -0.701. The summed E-state index contributed by atoms with van der Waals surface area (Å²) in [5.41, 5.74) is 2.55. The third kappa shape index (κ3) is 6.73. The van der Waals surface area contributed by atoms with E-state index in [0.29, 0.717) is 60.9 Å². The Balaban J connectivity index is 1.20. The number of rotatable bonds is 13. The van der Waals surface area contributed by atoms with Crippen LogP contribution < -0.4 is 10.6 Å². The summed E-state index contributed by atoms with van der Waals surface area (Å²) in [5.74, 6) is 0.618. The lowest BCUT2D eigenvalue weighted by Crippen LogP contribution is -2.32. The largest absolute Gasteiger partial charge is 0.362 e. The van der Waals surface area contributed by atoms with Crippen molar-refractivity contribution in [3.8, 4) is 0 Å². The normalized spacial score (nSPS) is 11.9. The first-order valence-corrected chi connectivity index (χ1v) is 15.2. The lowest BCUT2D eigenvalue weighted by atomic mass is 10.1. The molecule has 11 nitrogen and oxygen atoms in total. The Labute approximate surface area is 241 Å². The van der Waals surface area contributed by atoms with Crippen molar-refractivity contribution in [3.63, 3.8) is 0 Å². The lowest BCUT2D eigenvalue weighted by molar-refractivity contribution is 0.505.